The number of hydrogen-bond donors (Lipinski definition) is 2. The number of thioether (sulfide) groups is 1. The molecule has 0 aliphatic carbocycles. The summed E-state index contributed by atoms with van der Waals surface area (Å²) in [4.78, 5) is 0. The molecule has 17 heavy (non-hydrogen) atoms. The van der Waals surface area contributed by atoms with Gasteiger partial charge in [-0.15, -0.1) is 11.8 Å². The molecule has 0 aromatic heterocycles. The van der Waals surface area contributed by atoms with E-state index < -0.39 is 0 Å². The standard InChI is InChI=1S/C14H13NOS/c16-14-4-3-11-5-10(1-2-12(11)7-14)6-13-8-17-9-15-13/h1-7,15-16H,8-9H2. The van der Waals surface area contributed by atoms with Gasteiger partial charge >= 0.3 is 0 Å². The minimum absolute atomic E-state index is 0.317. The molecule has 2 nitrogen and oxygen atoms in total. The third-order valence-corrected chi connectivity index (χ3v) is 3.71. The lowest BCUT2D eigenvalue weighted by molar-refractivity contribution is 0.476. The van der Waals surface area contributed by atoms with Gasteiger partial charge < -0.3 is 10.4 Å². The van der Waals surface area contributed by atoms with Crippen molar-refractivity contribution in [1.82, 2.24) is 5.32 Å². The van der Waals surface area contributed by atoms with Crippen LogP contribution in [0, 0.1) is 0 Å². The van der Waals surface area contributed by atoms with Gasteiger partial charge in [0.25, 0.3) is 0 Å². The fraction of sp³-hybridized carbons (Fsp3) is 0.143. The summed E-state index contributed by atoms with van der Waals surface area (Å²) in [7, 11) is 0. The van der Waals surface area contributed by atoms with Crippen molar-refractivity contribution >= 4 is 28.6 Å². The number of hydrogen-bond acceptors (Lipinski definition) is 3. The molecule has 2 aromatic carbocycles. The van der Waals surface area contributed by atoms with Gasteiger partial charge in [0.2, 0.25) is 0 Å². The summed E-state index contributed by atoms with van der Waals surface area (Å²) in [6, 6.07) is 11.7. The second-order valence-corrected chi connectivity index (χ2v) is 5.12. The highest BCUT2D eigenvalue weighted by Crippen LogP contribution is 2.23. The lowest BCUT2D eigenvalue weighted by Crippen LogP contribution is -2.03. The van der Waals surface area contributed by atoms with Gasteiger partial charge in [-0.05, 0) is 40.6 Å². The summed E-state index contributed by atoms with van der Waals surface area (Å²) in [6.07, 6.45) is 2.19. The van der Waals surface area contributed by atoms with Crippen LogP contribution in [0.15, 0.2) is 42.1 Å². The minimum atomic E-state index is 0.317. The van der Waals surface area contributed by atoms with Gasteiger partial charge in [0, 0.05) is 11.4 Å². The van der Waals surface area contributed by atoms with Gasteiger partial charge in [-0.2, -0.15) is 0 Å². The molecular formula is C14H13NOS. The lowest BCUT2D eigenvalue weighted by Gasteiger charge is -2.02. The molecule has 0 spiro atoms. The van der Waals surface area contributed by atoms with Crippen LogP contribution < -0.4 is 5.32 Å². The number of aromatic hydroxyl groups is 1. The van der Waals surface area contributed by atoms with E-state index in [9.17, 15) is 5.11 Å². The predicted octanol–water partition coefficient (Wildman–Crippen LogP) is 3.18. The summed E-state index contributed by atoms with van der Waals surface area (Å²) < 4.78 is 0. The van der Waals surface area contributed by atoms with E-state index in [0.29, 0.717) is 5.75 Å². The fourth-order valence-corrected chi connectivity index (χ4v) is 2.79. The molecule has 0 amide bonds. The molecule has 0 atom stereocenters. The van der Waals surface area contributed by atoms with E-state index in [1.54, 1.807) is 12.1 Å². The Morgan fingerprint density at radius 1 is 1.12 bits per heavy atom. The average molecular weight is 243 g/mol. The molecule has 1 fully saturated rings. The monoisotopic (exact) mass is 243 g/mol. The fourth-order valence-electron chi connectivity index (χ4n) is 1.99. The first kappa shape index (κ1) is 10.5. The second-order valence-electron chi connectivity index (χ2n) is 4.13. The Labute approximate surface area is 104 Å². The van der Waals surface area contributed by atoms with Crippen LogP contribution in [0.1, 0.15) is 5.56 Å². The van der Waals surface area contributed by atoms with Crippen LogP contribution in [-0.2, 0) is 0 Å². The van der Waals surface area contributed by atoms with Crippen molar-refractivity contribution in [1.29, 1.82) is 0 Å². The summed E-state index contributed by atoms with van der Waals surface area (Å²) in [5.74, 6) is 2.39. The number of phenols is 1. The highest BCUT2D eigenvalue weighted by atomic mass is 32.2. The maximum absolute atomic E-state index is 9.40. The molecule has 2 N–H and O–H groups in total. The van der Waals surface area contributed by atoms with Crippen molar-refractivity contribution in [3.05, 3.63) is 47.7 Å². The summed E-state index contributed by atoms with van der Waals surface area (Å²) in [6.45, 7) is 0. The molecule has 3 rings (SSSR count). The average Bonchev–Trinajstić information content (AvgIpc) is 2.82. The number of phenolic OH excluding ortho intramolecular Hbond substituents is 1. The Hall–Kier alpha value is -1.61. The van der Waals surface area contributed by atoms with Crippen LogP contribution >= 0.6 is 11.8 Å². The number of rotatable bonds is 1. The maximum atomic E-state index is 9.40. The Morgan fingerprint density at radius 3 is 2.76 bits per heavy atom. The van der Waals surface area contributed by atoms with E-state index in [-0.39, 0.29) is 0 Å². The van der Waals surface area contributed by atoms with E-state index in [4.69, 9.17) is 0 Å². The molecule has 1 aliphatic rings. The summed E-state index contributed by atoms with van der Waals surface area (Å²) in [5, 5.41) is 15.0. The molecule has 1 saturated heterocycles. The van der Waals surface area contributed by atoms with Crippen molar-refractivity contribution in [3.8, 4) is 5.75 Å². The Morgan fingerprint density at radius 2 is 1.94 bits per heavy atom. The molecule has 0 saturated carbocycles. The molecule has 2 aromatic rings. The molecular weight excluding hydrogens is 230 g/mol. The number of fused-ring (bicyclic) bond motifs is 1. The van der Waals surface area contributed by atoms with E-state index in [1.807, 2.05) is 23.9 Å². The Kier molecular flexibility index (Phi) is 2.69. The van der Waals surface area contributed by atoms with Crippen LogP contribution in [0.5, 0.6) is 5.75 Å². The second kappa shape index (κ2) is 4.34. The third kappa shape index (κ3) is 2.24. The zero-order valence-electron chi connectivity index (χ0n) is 9.31. The smallest absolute Gasteiger partial charge is 0.116 e. The highest BCUT2D eigenvalue weighted by Gasteiger charge is 2.05. The van der Waals surface area contributed by atoms with Crippen LogP contribution in [0.3, 0.4) is 0 Å². The van der Waals surface area contributed by atoms with Gasteiger partial charge in [0.15, 0.2) is 0 Å². The predicted molar refractivity (Wildman–Crippen MR) is 74.1 cm³/mol. The SMILES string of the molecule is Oc1ccc2cc(C=C3CSCN3)ccc2c1. The van der Waals surface area contributed by atoms with Crippen molar-refractivity contribution in [2.24, 2.45) is 0 Å². The molecule has 0 bridgehead atoms. The molecule has 0 radical (unpaired) electrons. The topological polar surface area (TPSA) is 32.3 Å². The molecule has 3 heteroatoms. The van der Waals surface area contributed by atoms with Crippen molar-refractivity contribution < 1.29 is 5.11 Å². The van der Waals surface area contributed by atoms with Gasteiger partial charge in [-0.3, -0.25) is 0 Å². The lowest BCUT2D eigenvalue weighted by atomic mass is 10.1. The van der Waals surface area contributed by atoms with Crippen LogP contribution in [0.2, 0.25) is 0 Å². The third-order valence-electron chi connectivity index (χ3n) is 2.85. The van der Waals surface area contributed by atoms with E-state index in [0.717, 1.165) is 22.4 Å². The van der Waals surface area contributed by atoms with Crippen molar-refractivity contribution in [3.63, 3.8) is 0 Å². The Balaban J connectivity index is 2.01. The molecule has 1 heterocycles. The zero-order valence-corrected chi connectivity index (χ0v) is 10.1. The minimum Gasteiger partial charge on any atom is -0.508 e. The van der Waals surface area contributed by atoms with E-state index in [2.05, 4.69) is 23.5 Å². The first-order valence-corrected chi connectivity index (χ1v) is 6.72. The Bertz CT molecular complexity index is 584. The van der Waals surface area contributed by atoms with Gasteiger partial charge in [0.05, 0.1) is 5.88 Å². The highest BCUT2D eigenvalue weighted by molar-refractivity contribution is 7.99. The summed E-state index contributed by atoms with van der Waals surface area (Å²) in [5.41, 5.74) is 2.49. The van der Waals surface area contributed by atoms with E-state index >= 15 is 0 Å². The quantitative estimate of drug-likeness (QED) is 0.807. The number of benzene rings is 2. The van der Waals surface area contributed by atoms with Crippen molar-refractivity contribution in [2.75, 3.05) is 11.6 Å². The number of nitrogens with one attached hydrogen (secondary N) is 1. The first-order valence-electron chi connectivity index (χ1n) is 5.56. The maximum Gasteiger partial charge on any atom is 0.116 e. The van der Waals surface area contributed by atoms with Crippen molar-refractivity contribution in [2.45, 2.75) is 0 Å². The van der Waals surface area contributed by atoms with Crippen LogP contribution in [0.4, 0.5) is 0 Å². The summed E-state index contributed by atoms with van der Waals surface area (Å²) >= 11 is 1.89. The van der Waals surface area contributed by atoms with Crippen LogP contribution in [0.25, 0.3) is 16.8 Å². The molecule has 1 aliphatic heterocycles. The van der Waals surface area contributed by atoms with Gasteiger partial charge in [0.1, 0.15) is 5.75 Å². The molecule has 86 valence electrons. The first-order chi connectivity index (χ1) is 8.31. The largest absolute Gasteiger partial charge is 0.508 e. The van der Waals surface area contributed by atoms with Gasteiger partial charge in [-0.25, -0.2) is 0 Å². The normalized spacial score (nSPS) is 17.5. The van der Waals surface area contributed by atoms with E-state index in [1.165, 1.54) is 11.3 Å². The molecule has 0 unspecified atom stereocenters. The van der Waals surface area contributed by atoms with Crippen LogP contribution in [-0.4, -0.2) is 16.7 Å². The van der Waals surface area contributed by atoms with Gasteiger partial charge in [-0.1, -0.05) is 18.2 Å². The zero-order chi connectivity index (χ0) is 11.7.